The SMILES string of the molecule is CCCCc1ccc([C@H]2CC[C@H]([C@H]3CC[C@H](CC)CC3)CC2)cc1. The maximum atomic E-state index is 2.43. The minimum absolute atomic E-state index is 0.841. The van der Waals surface area contributed by atoms with Gasteiger partial charge in [-0.25, -0.2) is 0 Å². The van der Waals surface area contributed by atoms with Gasteiger partial charge in [-0.3, -0.25) is 0 Å². The van der Waals surface area contributed by atoms with Gasteiger partial charge >= 0.3 is 0 Å². The molecule has 0 amide bonds. The molecule has 1 aromatic carbocycles. The zero-order valence-corrected chi connectivity index (χ0v) is 16.1. The molecule has 2 aliphatic rings. The first-order chi connectivity index (χ1) is 11.8. The van der Waals surface area contributed by atoms with Gasteiger partial charge in [-0.05, 0) is 86.2 Å². The molecule has 0 radical (unpaired) electrons. The first kappa shape index (κ1) is 18.0. The number of aryl methyl sites for hydroxylation is 1. The van der Waals surface area contributed by atoms with E-state index in [2.05, 4.69) is 38.1 Å². The van der Waals surface area contributed by atoms with E-state index in [1.807, 2.05) is 0 Å². The lowest BCUT2D eigenvalue weighted by molar-refractivity contribution is 0.158. The molecule has 2 saturated carbocycles. The molecule has 0 heterocycles. The lowest BCUT2D eigenvalue weighted by Crippen LogP contribution is -2.25. The molecular weight excluding hydrogens is 288 g/mol. The second kappa shape index (κ2) is 9.07. The van der Waals surface area contributed by atoms with Crippen molar-refractivity contribution in [2.24, 2.45) is 17.8 Å². The van der Waals surface area contributed by atoms with Gasteiger partial charge in [-0.15, -0.1) is 0 Å². The summed E-state index contributed by atoms with van der Waals surface area (Å²) in [4.78, 5) is 0. The van der Waals surface area contributed by atoms with Crippen LogP contribution in [0.3, 0.4) is 0 Å². The summed E-state index contributed by atoms with van der Waals surface area (Å²) < 4.78 is 0. The summed E-state index contributed by atoms with van der Waals surface area (Å²) in [6.45, 7) is 4.66. The Morgan fingerprint density at radius 1 is 0.750 bits per heavy atom. The molecule has 0 aliphatic heterocycles. The van der Waals surface area contributed by atoms with Crippen LogP contribution in [-0.2, 0) is 6.42 Å². The van der Waals surface area contributed by atoms with E-state index in [0.29, 0.717) is 0 Å². The fourth-order valence-corrected chi connectivity index (χ4v) is 5.33. The van der Waals surface area contributed by atoms with Crippen molar-refractivity contribution in [3.63, 3.8) is 0 Å². The maximum absolute atomic E-state index is 2.43. The summed E-state index contributed by atoms with van der Waals surface area (Å²) in [5, 5.41) is 0. The Bertz CT molecular complexity index is 455. The van der Waals surface area contributed by atoms with Crippen molar-refractivity contribution >= 4 is 0 Å². The van der Waals surface area contributed by atoms with Gasteiger partial charge in [0.2, 0.25) is 0 Å². The minimum atomic E-state index is 0.841. The van der Waals surface area contributed by atoms with E-state index in [4.69, 9.17) is 0 Å². The third kappa shape index (κ3) is 4.64. The van der Waals surface area contributed by atoms with Crippen LogP contribution in [0.1, 0.15) is 102 Å². The van der Waals surface area contributed by atoms with Gasteiger partial charge in [0, 0.05) is 0 Å². The Labute approximate surface area is 150 Å². The largest absolute Gasteiger partial charge is 0.0654 e. The van der Waals surface area contributed by atoms with Crippen LogP contribution in [0.25, 0.3) is 0 Å². The molecule has 24 heavy (non-hydrogen) atoms. The van der Waals surface area contributed by atoms with Crippen molar-refractivity contribution in [3.05, 3.63) is 35.4 Å². The molecule has 0 spiro atoms. The van der Waals surface area contributed by atoms with Gasteiger partial charge in [0.05, 0.1) is 0 Å². The third-order valence-corrected chi connectivity index (χ3v) is 7.18. The first-order valence-corrected chi connectivity index (χ1v) is 10.9. The quantitative estimate of drug-likeness (QED) is 0.507. The molecule has 0 heteroatoms. The lowest BCUT2D eigenvalue weighted by atomic mass is 9.68. The van der Waals surface area contributed by atoms with Crippen LogP contribution in [0.2, 0.25) is 0 Å². The minimum Gasteiger partial charge on any atom is -0.0654 e. The molecule has 3 rings (SSSR count). The summed E-state index contributed by atoms with van der Waals surface area (Å²) >= 11 is 0. The van der Waals surface area contributed by atoms with E-state index in [9.17, 15) is 0 Å². The predicted octanol–water partition coefficient (Wildman–Crippen LogP) is 7.52. The number of hydrogen-bond donors (Lipinski definition) is 0. The smallest absolute Gasteiger partial charge is 0.0162 e. The molecule has 0 nitrogen and oxygen atoms in total. The molecule has 0 N–H and O–H groups in total. The van der Waals surface area contributed by atoms with Crippen LogP contribution >= 0.6 is 0 Å². The topological polar surface area (TPSA) is 0 Å². The number of unbranched alkanes of at least 4 members (excludes halogenated alkanes) is 1. The number of benzene rings is 1. The average Bonchev–Trinajstić information content (AvgIpc) is 2.67. The monoisotopic (exact) mass is 326 g/mol. The van der Waals surface area contributed by atoms with Gasteiger partial charge in [0.1, 0.15) is 0 Å². The standard InChI is InChI=1S/C24H38/c1-3-5-6-20-9-13-22(14-10-20)24-17-15-23(16-18-24)21-11-7-19(4-2)8-12-21/h9-10,13-14,19,21,23-24H,3-8,11-12,15-18H2,1-2H3/t19-,21-,23-,24-. The fourth-order valence-electron chi connectivity index (χ4n) is 5.33. The van der Waals surface area contributed by atoms with E-state index in [1.54, 1.807) is 5.56 Å². The normalized spacial score (nSPS) is 31.1. The van der Waals surface area contributed by atoms with Gasteiger partial charge in [-0.2, -0.15) is 0 Å². The average molecular weight is 327 g/mol. The summed E-state index contributed by atoms with van der Waals surface area (Å²) in [6, 6.07) is 9.65. The maximum Gasteiger partial charge on any atom is -0.0162 e. The molecule has 1 aromatic rings. The molecular formula is C24H38. The van der Waals surface area contributed by atoms with Crippen LogP contribution in [-0.4, -0.2) is 0 Å². The van der Waals surface area contributed by atoms with Crippen LogP contribution in [0.5, 0.6) is 0 Å². The predicted molar refractivity (Wildman–Crippen MR) is 105 cm³/mol. The highest BCUT2D eigenvalue weighted by Gasteiger charge is 2.30. The second-order valence-corrected chi connectivity index (χ2v) is 8.65. The van der Waals surface area contributed by atoms with E-state index < -0.39 is 0 Å². The van der Waals surface area contributed by atoms with Crippen molar-refractivity contribution in [1.29, 1.82) is 0 Å². The fraction of sp³-hybridized carbons (Fsp3) is 0.750. The van der Waals surface area contributed by atoms with Crippen molar-refractivity contribution in [2.75, 3.05) is 0 Å². The summed E-state index contributed by atoms with van der Waals surface area (Å²) in [7, 11) is 0. The van der Waals surface area contributed by atoms with Crippen LogP contribution < -0.4 is 0 Å². The second-order valence-electron chi connectivity index (χ2n) is 8.65. The molecule has 2 aliphatic carbocycles. The Morgan fingerprint density at radius 3 is 1.88 bits per heavy atom. The van der Waals surface area contributed by atoms with E-state index in [1.165, 1.54) is 82.6 Å². The molecule has 0 unspecified atom stereocenters. The summed E-state index contributed by atoms with van der Waals surface area (Å²) in [6.07, 6.45) is 17.2. The Hall–Kier alpha value is -0.780. The van der Waals surface area contributed by atoms with Gasteiger partial charge in [0.15, 0.2) is 0 Å². The molecule has 0 saturated heterocycles. The Balaban J connectivity index is 1.46. The van der Waals surface area contributed by atoms with Crippen molar-refractivity contribution < 1.29 is 0 Å². The Kier molecular flexibility index (Phi) is 6.81. The van der Waals surface area contributed by atoms with Gasteiger partial charge < -0.3 is 0 Å². The van der Waals surface area contributed by atoms with Crippen molar-refractivity contribution in [2.45, 2.75) is 96.8 Å². The highest BCUT2D eigenvalue weighted by atomic mass is 14.4. The number of rotatable bonds is 6. The zero-order chi connectivity index (χ0) is 16.8. The molecule has 0 bridgehead atoms. The molecule has 2 fully saturated rings. The molecule has 0 aromatic heterocycles. The van der Waals surface area contributed by atoms with E-state index in [-0.39, 0.29) is 0 Å². The highest BCUT2D eigenvalue weighted by Crippen LogP contribution is 2.44. The summed E-state index contributed by atoms with van der Waals surface area (Å²) in [5.74, 6) is 3.99. The van der Waals surface area contributed by atoms with Crippen molar-refractivity contribution in [3.8, 4) is 0 Å². The highest BCUT2D eigenvalue weighted by molar-refractivity contribution is 5.26. The van der Waals surface area contributed by atoms with E-state index >= 15 is 0 Å². The Morgan fingerprint density at radius 2 is 1.33 bits per heavy atom. The number of hydrogen-bond acceptors (Lipinski definition) is 0. The zero-order valence-electron chi connectivity index (χ0n) is 16.1. The third-order valence-electron chi connectivity index (χ3n) is 7.18. The van der Waals surface area contributed by atoms with Crippen LogP contribution in [0.15, 0.2) is 24.3 Å². The van der Waals surface area contributed by atoms with Crippen LogP contribution in [0.4, 0.5) is 0 Å². The summed E-state index contributed by atoms with van der Waals surface area (Å²) in [5.41, 5.74) is 3.14. The molecule has 0 atom stereocenters. The first-order valence-electron chi connectivity index (χ1n) is 10.9. The van der Waals surface area contributed by atoms with E-state index in [0.717, 1.165) is 23.7 Å². The van der Waals surface area contributed by atoms with Crippen LogP contribution in [0, 0.1) is 17.8 Å². The van der Waals surface area contributed by atoms with Gasteiger partial charge in [0.25, 0.3) is 0 Å². The lowest BCUT2D eigenvalue weighted by Gasteiger charge is -2.38. The van der Waals surface area contributed by atoms with Gasteiger partial charge in [-0.1, -0.05) is 63.8 Å². The molecule has 134 valence electrons. The van der Waals surface area contributed by atoms with Crippen molar-refractivity contribution in [1.82, 2.24) is 0 Å².